The Labute approximate surface area is 131 Å². The zero-order chi connectivity index (χ0) is 17.3. The molecule has 1 saturated carbocycles. The van der Waals surface area contributed by atoms with Crippen molar-refractivity contribution in [2.45, 2.75) is 38.7 Å². The summed E-state index contributed by atoms with van der Waals surface area (Å²) >= 11 is 0. The number of nitrogens with one attached hydrogen (secondary N) is 2. The molecule has 1 aromatic rings. The summed E-state index contributed by atoms with van der Waals surface area (Å²) in [6, 6.07) is 0.910. The molecule has 2 atom stereocenters. The molecule has 0 spiro atoms. The number of rotatable bonds is 5. The molecule has 0 saturated heterocycles. The Morgan fingerprint density at radius 3 is 2.83 bits per heavy atom. The third-order valence-electron chi connectivity index (χ3n) is 3.65. The number of nitrogens with zero attached hydrogens (tertiary/aromatic N) is 1. The molecule has 0 radical (unpaired) electrons. The minimum Gasteiger partial charge on any atom is -0.417 e. The largest absolute Gasteiger partial charge is 0.417 e. The normalized spacial score (nSPS) is 23.5. The zero-order valence-corrected chi connectivity index (χ0v) is 12.0. The maximum absolute atomic E-state index is 12.7. The second-order valence-corrected chi connectivity index (χ2v) is 5.38. The van der Waals surface area contributed by atoms with Crippen molar-refractivity contribution in [3.8, 4) is 5.88 Å². The molecule has 0 aliphatic heterocycles. The first-order valence-electron chi connectivity index (χ1n) is 6.62. The fourth-order valence-electron chi connectivity index (χ4n) is 2.00. The monoisotopic (exact) mass is 343 g/mol. The predicted octanol–water partition coefficient (Wildman–Crippen LogP) is 3.32. The molecule has 2 N–H and O–H groups in total. The van der Waals surface area contributed by atoms with Gasteiger partial charge < -0.3 is 15.4 Å². The number of hydrogen-bond donors (Lipinski definition) is 2. The first-order valence-corrected chi connectivity index (χ1v) is 6.62. The molecule has 1 aromatic heterocycles. The van der Waals surface area contributed by atoms with Gasteiger partial charge in [0.1, 0.15) is 0 Å². The lowest BCUT2D eigenvalue weighted by Crippen LogP contribution is -2.40. The lowest BCUT2D eigenvalue weighted by atomic mass is 10.1. The zero-order valence-electron chi connectivity index (χ0n) is 12.0. The number of carbonyl (C=O) groups excluding carboxylic acids is 1. The SMILES string of the molecule is C[C@]1(C(F)(F)F)C[C@@H]1NC(=O)NCc1ccnc(OC(F)F)c1.[HH].[HH]. The third-order valence-corrected chi connectivity index (χ3v) is 3.65. The van der Waals surface area contributed by atoms with Crippen LogP contribution < -0.4 is 15.4 Å². The highest BCUT2D eigenvalue weighted by atomic mass is 19.4. The molecule has 1 fully saturated rings. The number of ether oxygens (including phenoxy) is 1. The van der Waals surface area contributed by atoms with Gasteiger partial charge in [-0.05, 0) is 25.0 Å². The Morgan fingerprint density at radius 2 is 2.26 bits per heavy atom. The molecule has 1 aliphatic rings. The quantitative estimate of drug-likeness (QED) is 0.806. The first-order chi connectivity index (χ1) is 10.6. The summed E-state index contributed by atoms with van der Waals surface area (Å²) in [5.74, 6) is -0.313. The average Bonchev–Trinajstić information content (AvgIpc) is 3.08. The van der Waals surface area contributed by atoms with Gasteiger partial charge in [0.15, 0.2) is 0 Å². The molecule has 2 amide bonds. The fraction of sp³-hybridized carbons (Fsp3) is 0.538. The second-order valence-electron chi connectivity index (χ2n) is 5.38. The van der Waals surface area contributed by atoms with E-state index in [1.54, 1.807) is 0 Å². The molecule has 23 heavy (non-hydrogen) atoms. The van der Waals surface area contributed by atoms with Gasteiger partial charge >= 0.3 is 18.8 Å². The Hall–Kier alpha value is -2.13. The number of alkyl halides is 5. The summed E-state index contributed by atoms with van der Waals surface area (Å²) in [6.45, 7) is -2.05. The number of amides is 2. The molecular weight excluding hydrogens is 325 g/mol. The average molecular weight is 343 g/mol. The topological polar surface area (TPSA) is 63.2 Å². The summed E-state index contributed by atoms with van der Waals surface area (Å²) in [7, 11) is 0. The van der Waals surface area contributed by atoms with E-state index >= 15 is 0 Å². The smallest absolute Gasteiger partial charge is 0.396 e. The van der Waals surface area contributed by atoms with E-state index in [9.17, 15) is 26.7 Å². The minimum absolute atomic E-state index is 0. The highest BCUT2D eigenvalue weighted by Gasteiger charge is 2.67. The van der Waals surface area contributed by atoms with E-state index in [-0.39, 0.29) is 21.7 Å². The summed E-state index contributed by atoms with van der Waals surface area (Å²) in [5.41, 5.74) is -1.49. The minimum atomic E-state index is -4.38. The van der Waals surface area contributed by atoms with E-state index in [0.717, 1.165) is 6.92 Å². The molecule has 1 aliphatic carbocycles. The Kier molecular flexibility index (Phi) is 4.62. The molecule has 5 nitrogen and oxygen atoms in total. The number of urea groups is 1. The fourth-order valence-corrected chi connectivity index (χ4v) is 2.00. The molecule has 1 heterocycles. The van der Waals surface area contributed by atoms with E-state index in [1.165, 1.54) is 18.3 Å². The van der Waals surface area contributed by atoms with Crippen LogP contribution >= 0.6 is 0 Å². The van der Waals surface area contributed by atoms with E-state index in [4.69, 9.17) is 0 Å². The number of aromatic nitrogens is 1. The maximum Gasteiger partial charge on any atom is 0.396 e. The van der Waals surface area contributed by atoms with Crippen molar-refractivity contribution in [3.05, 3.63) is 23.9 Å². The van der Waals surface area contributed by atoms with Crippen LogP contribution in [-0.2, 0) is 6.54 Å². The van der Waals surface area contributed by atoms with Crippen LogP contribution in [0.25, 0.3) is 0 Å². The Morgan fingerprint density at radius 1 is 1.57 bits per heavy atom. The van der Waals surface area contributed by atoms with Crippen molar-refractivity contribution in [1.82, 2.24) is 15.6 Å². The van der Waals surface area contributed by atoms with Gasteiger partial charge in [-0.25, -0.2) is 9.78 Å². The van der Waals surface area contributed by atoms with Gasteiger partial charge in [0.25, 0.3) is 0 Å². The van der Waals surface area contributed by atoms with Crippen LogP contribution in [-0.4, -0.2) is 29.8 Å². The van der Waals surface area contributed by atoms with E-state index in [1.807, 2.05) is 0 Å². The number of carbonyl (C=O) groups is 1. The van der Waals surface area contributed by atoms with Crippen molar-refractivity contribution < 1.29 is 34.3 Å². The third kappa shape index (κ3) is 4.20. The molecule has 10 heteroatoms. The summed E-state index contributed by atoms with van der Waals surface area (Å²) in [6.07, 6.45) is -3.34. The Balaban J connectivity index is 0.00000288. The molecule has 0 bridgehead atoms. The molecule has 0 aromatic carbocycles. The predicted molar refractivity (Wildman–Crippen MR) is 73.0 cm³/mol. The van der Waals surface area contributed by atoms with Crippen LogP contribution in [0.15, 0.2) is 18.3 Å². The molecule has 132 valence electrons. The summed E-state index contributed by atoms with van der Waals surface area (Å²) in [5, 5.41) is 4.58. The van der Waals surface area contributed by atoms with Gasteiger partial charge in [-0.15, -0.1) is 0 Å². The van der Waals surface area contributed by atoms with Crippen LogP contribution in [0.2, 0.25) is 0 Å². The van der Waals surface area contributed by atoms with Crippen molar-refractivity contribution in [2.75, 3.05) is 0 Å². The van der Waals surface area contributed by atoms with Crippen LogP contribution in [0.5, 0.6) is 5.88 Å². The van der Waals surface area contributed by atoms with Crippen molar-refractivity contribution >= 4 is 6.03 Å². The number of hydrogen-bond acceptors (Lipinski definition) is 3. The van der Waals surface area contributed by atoms with Crippen molar-refractivity contribution in [1.29, 1.82) is 0 Å². The summed E-state index contributed by atoms with van der Waals surface area (Å²) < 4.78 is 66.2. The van der Waals surface area contributed by atoms with Crippen molar-refractivity contribution in [3.63, 3.8) is 0 Å². The van der Waals surface area contributed by atoms with Crippen LogP contribution in [0.1, 0.15) is 21.8 Å². The van der Waals surface area contributed by atoms with Gasteiger partial charge in [0.2, 0.25) is 5.88 Å². The van der Waals surface area contributed by atoms with Crippen molar-refractivity contribution in [2.24, 2.45) is 5.41 Å². The highest BCUT2D eigenvalue weighted by molar-refractivity contribution is 5.74. The van der Waals surface area contributed by atoms with Gasteiger partial charge in [-0.3, -0.25) is 0 Å². The molecular formula is C13H18F5N3O2. The molecule has 0 unspecified atom stereocenters. The van der Waals surface area contributed by atoms with Gasteiger partial charge in [-0.2, -0.15) is 22.0 Å². The van der Waals surface area contributed by atoms with Gasteiger partial charge in [-0.1, -0.05) is 0 Å². The lowest BCUT2D eigenvalue weighted by Gasteiger charge is -2.16. The van der Waals surface area contributed by atoms with E-state index < -0.39 is 30.3 Å². The Bertz CT molecular complexity index is 591. The van der Waals surface area contributed by atoms with Gasteiger partial charge in [0.05, 0.1) is 5.41 Å². The van der Waals surface area contributed by atoms with Crippen LogP contribution in [0.4, 0.5) is 26.7 Å². The standard InChI is InChI=1S/C13H14F5N3O2.2H2/c1-12(13(16,17)18)5-8(12)21-11(22)20-6-7-2-3-19-9(4-7)23-10(14)15;;/h2-4,8,10H,5-6H2,1H3,(H2,20,21,22);2*1H/t8-,12-;;/m0../s1. The van der Waals surface area contributed by atoms with Crippen LogP contribution in [0.3, 0.4) is 0 Å². The summed E-state index contributed by atoms with van der Waals surface area (Å²) in [4.78, 5) is 15.1. The van der Waals surface area contributed by atoms with Gasteiger partial charge in [0, 0.05) is 27.7 Å². The maximum atomic E-state index is 12.7. The van der Waals surface area contributed by atoms with E-state index in [2.05, 4.69) is 20.4 Å². The van der Waals surface area contributed by atoms with Crippen LogP contribution in [0, 0.1) is 5.41 Å². The first kappa shape index (κ1) is 17.2. The highest BCUT2D eigenvalue weighted by Crippen LogP contribution is 2.57. The number of halogens is 5. The van der Waals surface area contributed by atoms with E-state index in [0.29, 0.717) is 5.56 Å². The number of pyridine rings is 1. The molecule has 2 rings (SSSR count). The second kappa shape index (κ2) is 6.17. The lowest BCUT2D eigenvalue weighted by molar-refractivity contribution is -0.183.